The second-order valence-corrected chi connectivity index (χ2v) is 12.0. The number of nitrogens with zero attached hydrogens (tertiary/aromatic N) is 2. The predicted octanol–water partition coefficient (Wildman–Crippen LogP) is 4.94. The van der Waals surface area contributed by atoms with Gasteiger partial charge in [-0.05, 0) is 68.1 Å². The SMILES string of the molecule is COc1ccc(C2C(C(=O)c3cc(C)oc3C)C(c3ccc(Cl)cc3)N(C(=O)C3CC3)C2C(=O)N2CCNCC2)cc1. The molecule has 2 aliphatic heterocycles. The lowest BCUT2D eigenvalue weighted by Crippen LogP contribution is -2.55. The molecular formula is C33H36ClN3O5. The quantitative estimate of drug-likeness (QED) is 0.393. The number of carbonyl (C=O) groups excluding carboxylic acids is 3. The molecule has 1 aliphatic carbocycles. The van der Waals surface area contributed by atoms with E-state index in [0.717, 1.165) is 24.0 Å². The van der Waals surface area contributed by atoms with Crippen LogP contribution >= 0.6 is 11.6 Å². The van der Waals surface area contributed by atoms with E-state index in [-0.39, 0.29) is 23.5 Å². The second-order valence-electron chi connectivity index (χ2n) is 11.6. The minimum Gasteiger partial charge on any atom is -0.497 e. The molecule has 1 saturated carbocycles. The van der Waals surface area contributed by atoms with Crippen molar-refractivity contribution in [2.45, 2.75) is 44.7 Å². The number of ketones is 1. The first-order valence-electron chi connectivity index (χ1n) is 14.6. The first-order chi connectivity index (χ1) is 20.3. The van der Waals surface area contributed by atoms with Gasteiger partial charge in [0, 0.05) is 43.0 Å². The molecule has 1 N–H and O–H groups in total. The van der Waals surface area contributed by atoms with Crippen LogP contribution in [0, 0.1) is 25.7 Å². The van der Waals surface area contributed by atoms with Crippen LogP contribution in [0.15, 0.2) is 59.0 Å². The Balaban J connectivity index is 1.58. The van der Waals surface area contributed by atoms with Crippen molar-refractivity contribution in [1.82, 2.24) is 15.1 Å². The molecule has 0 radical (unpaired) electrons. The van der Waals surface area contributed by atoms with E-state index < -0.39 is 23.9 Å². The summed E-state index contributed by atoms with van der Waals surface area (Å²) in [5.74, 6) is 0.00783. The monoisotopic (exact) mass is 589 g/mol. The molecule has 42 heavy (non-hydrogen) atoms. The molecule has 4 unspecified atom stereocenters. The van der Waals surface area contributed by atoms with E-state index in [2.05, 4.69) is 5.32 Å². The Hall–Kier alpha value is -3.62. The number of halogens is 1. The summed E-state index contributed by atoms with van der Waals surface area (Å²) in [6.07, 6.45) is 1.56. The Morgan fingerprint density at radius 1 is 0.929 bits per heavy atom. The van der Waals surface area contributed by atoms with Gasteiger partial charge in [-0.1, -0.05) is 35.9 Å². The van der Waals surface area contributed by atoms with Crippen LogP contribution in [-0.4, -0.2) is 66.7 Å². The highest BCUT2D eigenvalue weighted by molar-refractivity contribution is 6.30. The molecule has 0 spiro atoms. The maximum absolute atomic E-state index is 14.8. The van der Waals surface area contributed by atoms with Gasteiger partial charge in [-0.15, -0.1) is 0 Å². The summed E-state index contributed by atoms with van der Waals surface area (Å²) >= 11 is 6.29. The van der Waals surface area contributed by atoms with Gasteiger partial charge in [0.2, 0.25) is 11.8 Å². The highest BCUT2D eigenvalue weighted by Gasteiger charge is 2.59. The summed E-state index contributed by atoms with van der Waals surface area (Å²) in [6.45, 7) is 6.04. The summed E-state index contributed by atoms with van der Waals surface area (Å²) in [5.41, 5.74) is 2.06. The minimum atomic E-state index is -0.854. The van der Waals surface area contributed by atoms with Crippen molar-refractivity contribution >= 4 is 29.2 Å². The Kier molecular flexibility index (Phi) is 7.85. The van der Waals surface area contributed by atoms with E-state index in [1.165, 1.54) is 0 Å². The Labute approximate surface area is 250 Å². The van der Waals surface area contributed by atoms with Gasteiger partial charge in [0.15, 0.2) is 5.78 Å². The number of furan rings is 1. The van der Waals surface area contributed by atoms with Gasteiger partial charge in [-0.25, -0.2) is 0 Å². The maximum Gasteiger partial charge on any atom is 0.246 e. The molecule has 1 aromatic heterocycles. The number of nitrogens with one attached hydrogen (secondary N) is 1. The highest BCUT2D eigenvalue weighted by Crippen LogP contribution is 2.54. The summed E-state index contributed by atoms with van der Waals surface area (Å²) < 4.78 is 11.2. The van der Waals surface area contributed by atoms with E-state index in [1.807, 2.05) is 48.2 Å². The molecule has 3 aromatic rings. The molecule has 3 heterocycles. The van der Waals surface area contributed by atoms with Crippen molar-refractivity contribution in [1.29, 1.82) is 0 Å². The number of hydrogen-bond donors (Lipinski definition) is 1. The van der Waals surface area contributed by atoms with Crippen LogP contribution in [0.5, 0.6) is 5.75 Å². The van der Waals surface area contributed by atoms with Gasteiger partial charge >= 0.3 is 0 Å². The largest absolute Gasteiger partial charge is 0.497 e. The fourth-order valence-corrected chi connectivity index (χ4v) is 6.80. The normalized spacial score (nSPS) is 24.1. The summed E-state index contributed by atoms with van der Waals surface area (Å²) in [7, 11) is 1.60. The number of Topliss-reactive ketones (excluding diaryl/α,β-unsaturated/α-hetero) is 1. The number of methoxy groups -OCH3 is 1. The van der Waals surface area contributed by atoms with Gasteiger partial charge in [0.25, 0.3) is 0 Å². The lowest BCUT2D eigenvalue weighted by Gasteiger charge is -2.36. The van der Waals surface area contributed by atoms with Crippen molar-refractivity contribution in [2.24, 2.45) is 11.8 Å². The van der Waals surface area contributed by atoms with Crippen LogP contribution in [-0.2, 0) is 9.59 Å². The molecule has 2 saturated heterocycles. The van der Waals surface area contributed by atoms with E-state index in [4.69, 9.17) is 20.8 Å². The third-order valence-corrected chi connectivity index (χ3v) is 9.10. The minimum absolute atomic E-state index is 0.0719. The lowest BCUT2D eigenvalue weighted by molar-refractivity contribution is -0.147. The number of hydrogen-bond acceptors (Lipinski definition) is 6. The number of piperazine rings is 1. The summed E-state index contributed by atoms with van der Waals surface area (Å²) in [5, 5.41) is 3.87. The number of benzene rings is 2. The van der Waals surface area contributed by atoms with Crippen LogP contribution in [0.2, 0.25) is 5.02 Å². The van der Waals surface area contributed by atoms with E-state index in [0.29, 0.717) is 54.0 Å². The van der Waals surface area contributed by atoms with Gasteiger partial charge in [0.1, 0.15) is 23.3 Å². The van der Waals surface area contributed by atoms with Gasteiger partial charge in [-0.2, -0.15) is 0 Å². The number of carbonyl (C=O) groups is 3. The lowest BCUT2D eigenvalue weighted by atomic mass is 9.76. The first-order valence-corrected chi connectivity index (χ1v) is 15.0. The average molecular weight is 590 g/mol. The fourth-order valence-electron chi connectivity index (χ4n) is 6.68. The molecule has 220 valence electrons. The van der Waals surface area contributed by atoms with E-state index in [9.17, 15) is 14.4 Å². The maximum atomic E-state index is 14.8. The molecule has 4 atom stereocenters. The van der Waals surface area contributed by atoms with E-state index >= 15 is 0 Å². The Bertz CT molecular complexity index is 1470. The van der Waals surface area contributed by atoms with Crippen LogP contribution in [0.1, 0.15) is 57.8 Å². The number of aryl methyl sites for hydroxylation is 2. The van der Waals surface area contributed by atoms with Crippen molar-refractivity contribution < 1.29 is 23.5 Å². The molecule has 2 amide bonds. The van der Waals surface area contributed by atoms with Gasteiger partial charge in [-0.3, -0.25) is 14.4 Å². The van der Waals surface area contributed by atoms with Crippen LogP contribution in [0.3, 0.4) is 0 Å². The average Bonchev–Trinajstić information content (AvgIpc) is 3.72. The number of amides is 2. The smallest absolute Gasteiger partial charge is 0.246 e. The Morgan fingerprint density at radius 3 is 2.14 bits per heavy atom. The van der Waals surface area contributed by atoms with E-state index in [1.54, 1.807) is 37.1 Å². The van der Waals surface area contributed by atoms with Crippen molar-refractivity contribution in [3.63, 3.8) is 0 Å². The third-order valence-electron chi connectivity index (χ3n) is 8.85. The molecule has 0 bridgehead atoms. The zero-order chi connectivity index (χ0) is 29.5. The van der Waals surface area contributed by atoms with Crippen molar-refractivity contribution in [3.8, 4) is 5.75 Å². The third kappa shape index (κ3) is 5.22. The molecule has 6 rings (SSSR count). The van der Waals surface area contributed by atoms with Crippen LogP contribution < -0.4 is 10.1 Å². The van der Waals surface area contributed by atoms with Crippen molar-refractivity contribution in [3.05, 3.63) is 87.8 Å². The summed E-state index contributed by atoms with van der Waals surface area (Å²) in [4.78, 5) is 47.2. The highest BCUT2D eigenvalue weighted by atomic mass is 35.5. The van der Waals surface area contributed by atoms with Crippen molar-refractivity contribution in [2.75, 3.05) is 33.3 Å². The number of likely N-dealkylation sites (tertiary alicyclic amines) is 1. The zero-order valence-electron chi connectivity index (χ0n) is 24.1. The summed E-state index contributed by atoms with van der Waals surface area (Å²) in [6, 6.07) is 15.1. The molecular weight excluding hydrogens is 554 g/mol. The Morgan fingerprint density at radius 2 is 1.57 bits per heavy atom. The number of rotatable bonds is 7. The standard InChI is InChI=1S/C33H36ClN3O5/c1-19-18-26(20(2)42-19)31(38)28-27(21-8-12-25(41-3)13-9-21)30(33(40)36-16-14-35-15-17-36)37(32(39)23-4-5-23)29(28)22-6-10-24(34)11-7-22/h6-13,18,23,27-30,35H,4-5,14-17H2,1-3H3. The van der Waals surface area contributed by atoms with Gasteiger partial charge < -0.3 is 24.3 Å². The van der Waals surface area contributed by atoms with Crippen LogP contribution in [0.4, 0.5) is 0 Å². The molecule has 3 fully saturated rings. The molecule has 8 nitrogen and oxygen atoms in total. The molecule has 2 aromatic carbocycles. The first kappa shape index (κ1) is 28.5. The van der Waals surface area contributed by atoms with Gasteiger partial charge in [0.05, 0.1) is 24.6 Å². The zero-order valence-corrected chi connectivity index (χ0v) is 24.9. The van der Waals surface area contributed by atoms with Crippen LogP contribution in [0.25, 0.3) is 0 Å². The predicted molar refractivity (Wildman–Crippen MR) is 159 cm³/mol. The number of ether oxygens (including phenoxy) is 1. The topological polar surface area (TPSA) is 92.1 Å². The second kappa shape index (κ2) is 11.6. The molecule has 9 heteroatoms. The fraction of sp³-hybridized carbons (Fsp3) is 0.424. The molecule has 3 aliphatic rings.